The molecule has 4 N–H and O–H groups in total. The van der Waals surface area contributed by atoms with Crippen molar-refractivity contribution in [2.45, 2.75) is 0 Å². The van der Waals surface area contributed by atoms with Gasteiger partial charge in [-0.2, -0.15) is 5.26 Å². The van der Waals surface area contributed by atoms with Crippen molar-refractivity contribution in [3.63, 3.8) is 0 Å². The Bertz CT molecular complexity index is 707. The van der Waals surface area contributed by atoms with E-state index in [0.717, 1.165) is 4.47 Å². The fourth-order valence-electron chi connectivity index (χ4n) is 1.54. The van der Waals surface area contributed by atoms with Gasteiger partial charge in [0, 0.05) is 4.47 Å². The third-order valence-electron chi connectivity index (χ3n) is 2.48. The van der Waals surface area contributed by atoms with Crippen LogP contribution in [0.5, 0.6) is 5.75 Å². The number of nitrogens with two attached hydrogens (primary N) is 1. The van der Waals surface area contributed by atoms with E-state index >= 15 is 0 Å². The second-order valence-electron chi connectivity index (χ2n) is 3.92. The fourth-order valence-corrected chi connectivity index (χ4v) is 1.92. The molecule has 5 nitrogen and oxygen atoms in total. The molecule has 0 spiro atoms. The standard InChI is InChI=1S/C14H11BrN4O/c15-10-3-1-2-4-11(10)18-14(17)19-12-6-5-9(8-16)7-13(12)20/h1-7,20H,(H3,17,18,19). The maximum absolute atomic E-state index is 9.76. The first kappa shape index (κ1) is 13.9. The van der Waals surface area contributed by atoms with Crippen molar-refractivity contribution in [1.29, 1.82) is 5.26 Å². The topological polar surface area (TPSA) is 94.4 Å². The van der Waals surface area contributed by atoms with Crippen molar-refractivity contribution in [3.8, 4) is 11.8 Å². The summed E-state index contributed by atoms with van der Waals surface area (Å²) < 4.78 is 0.814. The molecule has 0 unspecified atom stereocenters. The number of aliphatic imine (C=N–C) groups is 1. The zero-order valence-electron chi connectivity index (χ0n) is 10.3. The number of hydrogen-bond donors (Lipinski definition) is 3. The Labute approximate surface area is 124 Å². The first-order valence-electron chi connectivity index (χ1n) is 5.69. The normalized spacial score (nSPS) is 10.9. The summed E-state index contributed by atoms with van der Waals surface area (Å²) in [6, 6.07) is 13.8. The zero-order valence-corrected chi connectivity index (χ0v) is 11.9. The van der Waals surface area contributed by atoms with Crippen molar-refractivity contribution in [2.75, 3.05) is 5.32 Å². The molecule has 0 amide bonds. The molecule has 0 heterocycles. The number of anilines is 1. The maximum atomic E-state index is 9.76. The Balaban J connectivity index is 2.22. The van der Waals surface area contributed by atoms with E-state index in [-0.39, 0.29) is 11.7 Å². The van der Waals surface area contributed by atoms with Gasteiger partial charge in [-0.15, -0.1) is 0 Å². The van der Waals surface area contributed by atoms with Gasteiger partial charge in [-0.25, -0.2) is 4.99 Å². The SMILES string of the molecule is N#Cc1ccc(NC(N)=Nc2ccccc2Br)c(O)c1. The van der Waals surface area contributed by atoms with E-state index in [9.17, 15) is 5.11 Å². The second kappa shape index (κ2) is 6.08. The summed E-state index contributed by atoms with van der Waals surface area (Å²) >= 11 is 3.37. The summed E-state index contributed by atoms with van der Waals surface area (Å²) in [7, 11) is 0. The Kier molecular flexibility index (Phi) is 4.23. The van der Waals surface area contributed by atoms with Crippen molar-refractivity contribution in [2.24, 2.45) is 10.7 Å². The molecule has 0 bridgehead atoms. The number of aromatic hydroxyl groups is 1. The lowest BCUT2D eigenvalue weighted by atomic mass is 10.2. The average molecular weight is 331 g/mol. The van der Waals surface area contributed by atoms with Crippen molar-refractivity contribution >= 4 is 33.3 Å². The highest BCUT2D eigenvalue weighted by Crippen LogP contribution is 2.26. The Morgan fingerprint density at radius 1 is 1.30 bits per heavy atom. The van der Waals surface area contributed by atoms with Crippen LogP contribution in [-0.2, 0) is 0 Å². The molecule has 6 heteroatoms. The lowest BCUT2D eigenvalue weighted by Crippen LogP contribution is -2.22. The zero-order chi connectivity index (χ0) is 14.5. The van der Waals surface area contributed by atoms with Crippen molar-refractivity contribution in [3.05, 3.63) is 52.5 Å². The lowest BCUT2D eigenvalue weighted by Gasteiger charge is -2.08. The van der Waals surface area contributed by atoms with Gasteiger partial charge in [0.1, 0.15) is 5.75 Å². The lowest BCUT2D eigenvalue weighted by molar-refractivity contribution is 0.477. The monoisotopic (exact) mass is 330 g/mol. The number of phenols is 1. The molecule has 2 aromatic carbocycles. The first-order chi connectivity index (χ1) is 9.60. The number of nitrogens with one attached hydrogen (secondary N) is 1. The van der Waals surface area contributed by atoms with Gasteiger partial charge in [-0.05, 0) is 46.3 Å². The number of nitrogens with zero attached hydrogens (tertiary/aromatic N) is 2. The molecule has 0 fully saturated rings. The second-order valence-corrected chi connectivity index (χ2v) is 4.77. The number of hydrogen-bond acceptors (Lipinski definition) is 3. The number of guanidine groups is 1. The molecule has 0 aliphatic rings. The highest BCUT2D eigenvalue weighted by atomic mass is 79.9. The highest BCUT2D eigenvalue weighted by molar-refractivity contribution is 9.10. The first-order valence-corrected chi connectivity index (χ1v) is 6.48. The van der Waals surface area contributed by atoms with Gasteiger partial charge < -0.3 is 16.2 Å². The van der Waals surface area contributed by atoms with Crippen LogP contribution >= 0.6 is 15.9 Å². The summed E-state index contributed by atoms with van der Waals surface area (Å²) in [5.41, 5.74) is 7.22. The van der Waals surface area contributed by atoms with Crippen LogP contribution in [0.15, 0.2) is 51.9 Å². The maximum Gasteiger partial charge on any atom is 0.198 e. The molecule has 2 rings (SSSR count). The molecular formula is C14H11BrN4O. The van der Waals surface area contributed by atoms with Gasteiger partial charge in [-0.1, -0.05) is 12.1 Å². The highest BCUT2D eigenvalue weighted by Gasteiger charge is 2.04. The Morgan fingerprint density at radius 2 is 2.05 bits per heavy atom. The summed E-state index contributed by atoms with van der Waals surface area (Å²) in [4.78, 5) is 4.20. The molecule has 2 aromatic rings. The number of benzene rings is 2. The van der Waals surface area contributed by atoms with E-state index in [0.29, 0.717) is 16.9 Å². The number of nitriles is 1. The van der Waals surface area contributed by atoms with Crippen LogP contribution in [0.25, 0.3) is 0 Å². The van der Waals surface area contributed by atoms with Crippen LogP contribution in [0.4, 0.5) is 11.4 Å². The van der Waals surface area contributed by atoms with Crippen LogP contribution in [0.1, 0.15) is 5.56 Å². The Morgan fingerprint density at radius 3 is 2.70 bits per heavy atom. The largest absolute Gasteiger partial charge is 0.506 e. The van der Waals surface area contributed by atoms with Crippen molar-refractivity contribution in [1.82, 2.24) is 0 Å². The van der Waals surface area contributed by atoms with Crippen LogP contribution in [-0.4, -0.2) is 11.1 Å². The minimum absolute atomic E-state index is 0.0608. The van der Waals surface area contributed by atoms with E-state index in [2.05, 4.69) is 26.2 Å². The van der Waals surface area contributed by atoms with E-state index in [1.54, 1.807) is 18.2 Å². The molecule has 0 aliphatic heterocycles. The molecule has 0 saturated heterocycles. The quantitative estimate of drug-likeness (QED) is 0.448. The van der Waals surface area contributed by atoms with E-state index in [4.69, 9.17) is 11.0 Å². The van der Waals surface area contributed by atoms with Gasteiger partial charge in [0.15, 0.2) is 5.96 Å². The molecular weight excluding hydrogens is 320 g/mol. The minimum atomic E-state index is -0.0608. The van der Waals surface area contributed by atoms with E-state index in [1.807, 2.05) is 24.3 Å². The summed E-state index contributed by atoms with van der Waals surface area (Å²) in [6.07, 6.45) is 0. The molecule has 100 valence electrons. The molecule has 0 aliphatic carbocycles. The van der Waals surface area contributed by atoms with Crippen LogP contribution in [0, 0.1) is 11.3 Å². The van der Waals surface area contributed by atoms with Gasteiger partial charge >= 0.3 is 0 Å². The van der Waals surface area contributed by atoms with Gasteiger partial charge in [0.25, 0.3) is 0 Å². The third kappa shape index (κ3) is 3.28. The smallest absolute Gasteiger partial charge is 0.198 e. The van der Waals surface area contributed by atoms with E-state index < -0.39 is 0 Å². The third-order valence-corrected chi connectivity index (χ3v) is 3.15. The molecule has 0 saturated carbocycles. The van der Waals surface area contributed by atoms with Crippen molar-refractivity contribution < 1.29 is 5.11 Å². The van der Waals surface area contributed by atoms with Gasteiger partial charge in [0.05, 0.1) is 23.0 Å². The number of rotatable bonds is 2. The Hall–Kier alpha value is -2.52. The molecule has 0 radical (unpaired) electrons. The predicted octanol–water partition coefficient (Wildman–Crippen LogP) is 3.08. The average Bonchev–Trinajstić information content (AvgIpc) is 2.43. The van der Waals surface area contributed by atoms with Gasteiger partial charge in [0.2, 0.25) is 0 Å². The minimum Gasteiger partial charge on any atom is -0.506 e. The molecule has 0 atom stereocenters. The molecule has 20 heavy (non-hydrogen) atoms. The number of phenolic OH excluding ortho intramolecular Hbond substituents is 1. The number of para-hydroxylation sites is 1. The van der Waals surface area contributed by atoms with Crippen LogP contribution < -0.4 is 11.1 Å². The van der Waals surface area contributed by atoms with E-state index in [1.165, 1.54) is 6.07 Å². The summed E-state index contributed by atoms with van der Waals surface area (Å²) in [5, 5.41) is 21.3. The number of halogens is 1. The van der Waals surface area contributed by atoms with Crippen LogP contribution in [0.2, 0.25) is 0 Å². The molecule has 0 aromatic heterocycles. The summed E-state index contributed by atoms with van der Waals surface area (Å²) in [6.45, 7) is 0. The van der Waals surface area contributed by atoms with Gasteiger partial charge in [-0.3, -0.25) is 0 Å². The fraction of sp³-hybridized carbons (Fsp3) is 0. The predicted molar refractivity (Wildman–Crippen MR) is 81.9 cm³/mol. The summed E-state index contributed by atoms with van der Waals surface area (Å²) in [5.74, 6) is 0.0752. The van der Waals surface area contributed by atoms with Crippen LogP contribution in [0.3, 0.4) is 0 Å².